The average molecular weight is 369 g/mol. The van der Waals surface area contributed by atoms with E-state index in [-0.39, 0.29) is 0 Å². The van der Waals surface area contributed by atoms with E-state index in [9.17, 15) is 0 Å². The van der Waals surface area contributed by atoms with Crippen LogP contribution in [0.5, 0.6) is 5.75 Å². The van der Waals surface area contributed by atoms with Gasteiger partial charge in [0.15, 0.2) is 0 Å². The molecule has 21 heavy (non-hydrogen) atoms. The first-order valence-electron chi connectivity index (χ1n) is 6.95. The molecular formula is C17H19BrClNO. The van der Waals surface area contributed by atoms with Gasteiger partial charge in [-0.15, -0.1) is 0 Å². The molecule has 0 saturated heterocycles. The zero-order valence-corrected chi connectivity index (χ0v) is 14.5. The summed E-state index contributed by atoms with van der Waals surface area (Å²) in [7, 11) is 1.68. The van der Waals surface area contributed by atoms with Crippen molar-refractivity contribution in [2.24, 2.45) is 0 Å². The molecule has 0 aliphatic carbocycles. The number of nitrogens with one attached hydrogen (secondary N) is 1. The highest BCUT2D eigenvalue weighted by molar-refractivity contribution is 9.10. The number of benzene rings is 2. The minimum absolute atomic E-state index is 0.307. The van der Waals surface area contributed by atoms with Crippen LogP contribution >= 0.6 is 27.5 Å². The van der Waals surface area contributed by atoms with Crippen LogP contribution in [0.25, 0.3) is 0 Å². The van der Waals surface area contributed by atoms with Gasteiger partial charge in [-0.3, -0.25) is 0 Å². The van der Waals surface area contributed by atoms with Gasteiger partial charge in [-0.2, -0.15) is 0 Å². The lowest BCUT2D eigenvalue weighted by atomic mass is 10.0. The van der Waals surface area contributed by atoms with Crippen LogP contribution < -0.4 is 10.1 Å². The molecule has 0 aliphatic rings. The van der Waals surface area contributed by atoms with Gasteiger partial charge in [0.2, 0.25) is 0 Å². The lowest BCUT2D eigenvalue weighted by Crippen LogP contribution is -2.20. The summed E-state index contributed by atoms with van der Waals surface area (Å²) in [6.07, 6.45) is 1.02. The van der Waals surface area contributed by atoms with E-state index in [1.165, 1.54) is 5.56 Å². The highest BCUT2D eigenvalue weighted by Gasteiger charge is 2.10. The minimum atomic E-state index is 0.307. The fourth-order valence-electron chi connectivity index (χ4n) is 2.25. The Bertz CT molecular complexity index is 586. The summed E-state index contributed by atoms with van der Waals surface area (Å²) in [6.45, 7) is 2.95. The van der Waals surface area contributed by atoms with Crippen molar-refractivity contribution in [2.45, 2.75) is 25.9 Å². The van der Waals surface area contributed by atoms with Gasteiger partial charge >= 0.3 is 0 Å². The third-order valence-electron chi connectivity index (χ3n) is 3.47. The third-order valence-corrected chi connectivity index (χ3v) is 4.48. The summed E-state index contributed by atoms with van der Waals surface area (Å²) in [5.41, 5.74) is 2.42. The molecule has 0 fully saturated rings. The summed E-state index contributed by atoms with van der Waals surface area (Å²) in [4.78, 5) is 0. The summed E-state index contributed by atoms with van der Waals surface area (Å²) < 4.78 is 6.27. The van der Waals surface area contributed by atoms with E-state index >= 15 is 0 Å². The molecule has 112 valence electrons. The second-order valence-corrected chi connectivity index (χ2v) is 6.14. The Morgan fingerprint density at radius 1 is 1.19 bits per heavy atom. The zero-order chi connectivity index (χ0) is 15.2. The van der Waals surface area contributed by atoms with Gasteiger partial charge in [0, 0.05) is 22.1 Å². The third kappa shape index (κ3) is 4.47. The molecule has 0 amide bonds. The maximum absolute atomic E-state index is 6.05. The molecule has 1 atom stereocenters. The van der Waals surface area contributed by atoms with E-state index in [4.69, 9.17) is 16.3 Å². The fraction of sp³-hybridized carbons (Fsp3) is 0.294. The van der Waals surface area contributed by atoms with Gasteiger partial charge < -0.3 is 10.1 Å². The van der Waals surface area contributed by atoms with Crippen LogP contribution in [-0.2, 0) is 6.54 Å². The number of ether oxygens (including phenoxy) is 1. The first kappa shape index (κ1) is 16.3. The molecule has 2 nitrogen and oxygen atoms in total. The van der Waals surface area contributed by atoms with E-state index < -0.39 is 0 Å². The highest BCUT2D eigenvalue weighted by atomic mass is 79.9. The Morgan fingerprint density at radius 2 is 1.90 bits per heavy atom. The second kappa shape index (κ2) is 7.83. The predicted octanol–water partition coefficient (Wildman–Crippen LogP) is 5.35. The second-order valence-electron chi connectivity index (χ2n) is 4.85. The van der Waals surface area contributed by atoms with E-state index in [1.807, 2.05) is 30.3 Å². The number of hydrogen-bond donors (Lipinski definition) is 1. The van der Waals surface area contributed by atoms with Gasteiger partial charge in [-0.1, -0.05) is 46.6 Å². The minimum Gasteiger partial charge on any atom is -0.497 e. The number of methoxy groups -OCH3 is 1. The van der Waals surface area contributed by atoms with Crippen molar-refractivity contribution in [1.29, 1.82) is 0 Å². The maximum atomic E-state index is 6.05. The molecule has 0 aliphatic heterocycles. The Kier molecular flexibility index (Phi) is 6.09. The first-order chi connectivity index (χ1) is 10.1. The lowest BCUT2D eigenvalue weighted by Gasteiger charge is -2.18. The summed E-state index contributed by atoms with van der Waals surface area (Å²) in [5, 5.41) is 4.34. The molecule has 0 bridgehead atoms. The van der Waals surface area contributed by atoms with Crippen LogP contribution in [0, 0.1) is 0 Å². The summed E-state index contributed by atoms with van der Waals surface area (Å²) in [6, 6.07) is 14.4. The predicted molar refractivity (Wildman–Crippen MR) is 92.0 cm³/mol. The van der Waals surface area contributed by atoms with Crippen LogP contribution in [0.4, 0.5) is 0 Å². The molecule has 0 aromatic heterocycles. The van der Waals surface area contributed by atoms with Gasteiger partial charge in [0.25, 0.3) is 0 Å². The Balaban J connectivity index is 2.06. The van der Waals surface area contributed by atoms with Gasteiger partial charge in [0.05, 0.1) is 7.11 Å². The molecule has 0 spiro atoms. The van der Waals surface area contributed by atoms with Crippen molar-refractivity contribution in [3.8, 4) is 5.75 Å². The quantitative estimate of drug-likeness (QED) is 0.742. The molecule has 4 heteroatoms. The van der Waals surface area contributed by atoms with Crippen molar-refractivity contribution in [3.63, 3.8) is 0 Å². The standard InChI is InChI=1S/C17H19BrClNO/c1-3-17(12-4-7-15(21-2)8-5-12)20-11-13-10-14(19)6-9-16(13)18/h4-10,17,20H,3,11H2,1-2H3. The van der Waals surface area contributed by atoms with E-state index in [0.29, 0.717) is 6.04 Å². The molecule has 2 aromatic rings. The van der Waals surface area contributed by atoms with Gasteiger partial charge in [-0.05, 0) is 47.9 Å². The van der Waals surface area contributed by atoms with Crippen molar-refractivity contribution >= 4 is 27.5 Å². The van der Waals surface area contributed by atoms with E-state index in [1.54, 1.807) is 7.11 Å². The number of halogens is 2. The summed E-state index contributed by atoms with van der Waals surface area (Å²) in [5.74, 6) is 0.881. The first-order valence-corrected chi connectivity index (χ1v) is 8.12. The molecule has 1 unspecified atom stereocenters. The monoisotopic (exact) mass is 367 g/mol. The van der Waals surface area contributed by atoms with Crippen molar-refractivity contribution < 1.29 is 4.74 Å². The maximum Gasteiger partial charge on any atom is 0.118 e. The topological polar surface area (TPSA) is 21.3 Å². The van der Waals surface area contributed by atoms with Crippen molar-refractivity contribution in [3.05, 3.63) is 63.1 Å². The average Bonchev–Trinajstić information content (AvgIpc) is 2.51. The molecule has 2 rings (SSSR count). The van der Waals surface area contributed by atoms with Crippen molar-refractivity contribution in [2.75, 3.05) is 7.11 Å². The van der Waals surface area contributed by atoms with Crippen LogP contribution in [0.1, 0.15) is 30.5 Å². The molecule has 0 radical (unpaired) electrons. The number of rotatable bonds is 6. The molecule has 0 heterocycles. The zero-order valence-electron chi connectivity index (χ0n) is 12.2. The Morgan fingerprint density at radius 3 is 2.52 bits per heavy atom. The molecular weight excluding hydrogens is 350 g/mol. The lowest BCUT2D eigenvalue weighted by molar-refractivity contribution is 0.414. The fourth-order valence-corrected chi connectivity index (χ4v) is 2.83. The Labute approximate surface area is 139 Å². The smallest absolute Gasteiger partial charge is 0.118 e. The normalized spacial score (nSPS) is 12.2. The number of hydrogen-bond acceptors (Lipinski definition) is 2. The molecule has 0 saturated carbocycles. The van der Waals surface area contributed by atoms with Crippen molar-refractivity contribution in [1.82, 2.24) is 5.32 Å². The molecule has 2 aromatic carbocycles. The molecule has 1 N–H and O–H groups in total. The van der Waals surface area contributed by atoms with Crippen LogP contribution in [0.15, 0.2) is 46.9 Å². The van der Waals surface area contributed by atoms with Crippen LogP contribution in [0.2, 0.25) is 5.02 Å². The van der Waals surface area contributed by atoms with Gasteiger partial charge in [0.1, 0.15) is 5.75 Å². The van der Waals surface area contributed by atoms with E-state index in [2.05, 4.69) is 40.3 Å². The SMILES string of the molecule is CCC(NCc1cc(Cl)ccc1Br)c1ccc(OC)cc1. The summed E-state index contributed by atoms with van der Waals surface area (Å²) >= 11 is 9.62. The highest BCUT2D eigenvalue weighted by Crippen LogP contribution is 2.24. The Hall–Kier alpha value is -1.03. The van der Waals surface area contributed by atoms with Crippen LogP contribution in [-0.4, -0.2) is 7.11 Å². The van der Waals surface area contributed by atoms with Gasteiger partial charge in [-0.25, -0.2) is 0 Å². The van der Waals surface area contributed by atoms with E-state index in [0.717, 1.165) is 33.8 Å². The largest absolute Gasteiger partial charge is 0.497 e. The van der Waals surface area contributed by atoms with Crippen LogP contribution in [0.3, 0.4) is 0 Å².